The maximum Gasteiger partial charge on any atom is 0.165 e. The van der Waals surface area contributed by atoms with Crippen molar-refractivity contribution in [3.63, 3.8) is 0 Å². The van der Waals surface area contributed by atoms with Gasteiger partial charge in [-0.15, -0.1) is 5.10 Å². The van der Waals surface area contributed by atoms with Crippen LogP contribution in [0.15, 0.2) is 28.9 Å². The fourth-order valence-corrected chi connectivity index (χ4v) is 1.96. The number of hydrogen-bond acceptors (Lipinski definition) is 4. The van der Waals surface area contributed by atoms with E-state index in [0.29, 0.717) is 19.7 Å². The van der Waals surface area contributed by atoms with Crippen LogP contribution < -0.4 is 10.1 Å². The van der Waals surface area contributed by atoms with Crippen molar-refractivity contribution >= 4 is 15.9 Å². The van der Waals surface area contributed by atoms with Crippen LogP contribution in [-0.2, 0) is 13.1 Å². The smallest absolute Gasteiger partial charge is 0.165 e. The summed E-state index contributed by atoms with van der Waals surface area (Å²) in [5.74, 6) is -0.146. The Balaban J connectivity index is 1.83. The molecule has 0 amide bonds. The van der Waals surface area contributed by atoms with Crippen LogP contribution in [0.2, 0.25) is 0 Å². The largest absolute Gasteiger partial charge is 0.489 e. The molecule has 0 bridgehead atoms. The number of nitrogens with one attached hydrogen (secondary N) is 1. The van der Waals surface area contributed by atoms with Crippen molar-refractivity contribution in [2.24, 2.45) is 0 Å². The summed E-state index contributed by atoms with van der Waals surface area (Å²) in [5, 5.41) is 11.2. The van der Waals surface area contributed by atoms with Crippen molar-refractivity contribution in [2.75, 3.05) is 13.2 Å². The quantitative estimate of drug-likeness (QED) is 0.839. The van der Waals surface area contributed by atoms with E-state index in [4.69, 9.17) is 4.74 Å². The lowest BCUT2D eigenvalue weighted by atomic mass is 10.3. The molecule has 0 saturated carbocycles. The topological polar surface area (TPSA) is 52.0 Å². The molecule has 0 atom stereocenters. The van der Waals surface area contributed by atoms with Crippen molar-refractivity contribution in [1.29, 1.82) is 0 Å². The van der Waals surface area contributed by atoms with Crippen LogP contribution in [0.5, 0.6) is 5.75 Å². The number of benzene rings is 1. The van der Waals surface area contributed by atoms with Crippen molar-refractivity contribution in [2.45, 2.75) is 20.0 Å². The average Bonchev–Trinajstić information content (AvgIpc) is 2.88. The summed E-state index contributed by atoms with van der Waals surface area (Å²) in [5.41, 5.74) is 0.875. The zero-order valence-corrected chi connectivity index (χ0v) is 12.7. The van der Waals surface area contributed by atoms with Gasteiger partial charge in [-0.25, -0.2) is 9.07 Å². The summed E-state index contributed by atoms with van der Waals surface area (Å²) in [4.78, 5) is 0. The Morgan fingerprint density at radius 1 is 1.45 bits per heavy atom. The van der Waals surface area contributed by atoms with E-state index in [-0.39, 0.29) is 11.6 Å². The van der Waals surface area contributed by atoms with Gasteiger partial charge in [0.1, 0.15) is 6.61 Å². The van der Waals surface area contributed by atoms with Gasteiger partial charge in [0, 0.05) is 17.2 Å². The minimum Gasteiger partial charge on any atom is -0.489 e. The Labute approximate surface area is 125 Å². The molecule has 2 aromatic rings. The highest BCUT2D eigenvalue weighted by Gasteiger charge is 2.05. The van der Waals surface area contributed by atoms with E-state index < -0.39 is 0 Å². The molecule has 108 valence electrons. The van der Waals surface area contributed by atoms with Gasteiger partial charge in [-0.2, -0.15) is 0 Å². The maximum absolute atomic E-state index is 13.5. The molecule has 2 rings (SSSR count). The van der Waals surface area contributed by atoms with Gasteiger partial charge in [0.2, 0.25) is 0 Å². The van der Waals surface area contributed by atoms with Gasteiger partial charge >= 0.3 is 0 Å². The highest BCUT2D eigenvalue weighted by molar-refractivity contribution is 9.10. The van der Waals surface area contributed by atoms with Gasteiger partial charge in [-0.1, -0.05) is 28.1 Å². The molecule has 0 radical (unpaired) electrons. The van der Waals surface area contributed by atoms with E-state index in [1.165, 1.54) is 6.07 Å². The summed E-state index contributed by atoms with van der Waals surface area (Å²) in [6.07, 6.45) is 1.85. The standard InChI is InChI=1S/C13H16BrFN4O/c1-2-16-8-11-9-19(18-17-11)5-6-20-13-7-10(14)3-4-12(13)15/h3-4,7,9,16H,2,5-6,8H2,1H3. The third kappa shape index (κ3) is 4.28. The van der Waals surface area contributed by atoms with Crippen molar-refractivity contribution < 1.29 is 9.13 Å². The van der Waals surface area contributed by atoms with E-state index in [9.17, 15) is 4.39 Å². The molecule has 1 N–H and O–H groups in total. The van der Waals surface area contributed by atoms with Crippen molar-refractivity contribution in [3.05, 3.63) is 40.4 Å². The number of rotatable bonds is 7. The summed E-state index contributed by atoms with van der Waals surface area (Å²) >= 11 is 3.28. The average molecular weight is 343 g/mol. The molecule has 0 unspecified atom stereocenters. The van der Waals surface area contributed by atoms with Crippen LogP contribution >= 0.6 is 15.9 Å². The predicted molar refractivity (Wildman–Crippen MR) is 77.0 cm³/mol. The van der Waals surface area contributed by atoms with Crippen LogP contribution in [0.25, 0.3) is 0 Å². The van der Waals surface area contributed by atoms with Gasteiger partial charge in [0.05, 0.1) is 12.2 Å². The van der Waals surface area contributed by atoms with Gasteiger partial charge in [0.15, 0.2) is 11.6 Å². The van der Waals surface area contributed by atoms with Crippen LogP contribution in [0.4, 0.5) is 4.39 Å². The molecule has 20 heavy (non-hydrogen) atoms. The Kier molecular flexibility index (Phi) is 5.49. The molecule has 0 fully saturated rings. The first-order chi connectivity index (χ1) is 9.69. The lowest BCUT2D eigenvalue weighted by Crippen LogP contribution is -2.12. The molecule has 0 aliphatic carbocycles. The van der Waals surface area contributed by atoms with E-state index >= 15 is 0 Å². The third-order valence-electron chi connectivity index (χ3n) is 2.61. The van der Waals surface area contributed by atoms with Gasteiger partial charge < -0.3 is 10.1 Å². The highest BCUT2D eigenvalue weighted by Crippen LogP contribution is 2.22. The summed E-state index contributed by atoms with van der Waals surface area (Å²) < 4.78 is 21.3. The van der Waals surface area contributed by atoms with Crippen LogP contribution in [-0.4, -0.2) is 28.1 Å². The zero-order valence-electron chi connectivity index (χ0n) is 11.1. The Hall–Kier alpha value is -1.47. The number of ether oxygens (including phenoxy) is 1. The SMILES string of the molecule is CCNCc1cn(CCOc2cc(Br)ccc2F)nn1. The lowest BCUT2D eigenvalue weighted by molar-refractivity contribution is 0.276. The fraction of sp³-hybridized carbons (Fsp3) is 0.385. The molecular weight excluding hydrogens is 327 g/mol. The summed E-state index contributed by atoms with van der Waals surface area (Å²) in [6.45, 7) is 4.46. The molecule has 0 saturated heterocycles. The Morgan fingerprint density at radius 2 is 2.30 bits per heavy atom. The fourth-order valence-electron chi connectivity index (χ4n) is 1.62. The molecule has 7 heteroatoms. The normalized spacial score (nSPS) is 10.8. The van der Waals surface area contributed by atoms with Crippen molar-refractivity contribution in [1.82, 2.24) is 20.3 Å². The van der Waals surface area contributed by atoms with E-state index in [1.54, 1.807) is 16.8 Å². The third-order valence-corrected chi connectivity index (χ3v) is 3.11. The van der Waals surface area contributed by atoms with Crippen molar-refractivity contribution in [3.8, 4) is 5.75 Å². The summed E-state index contributed by atoms with van der Waals surface area (Å²) in [6, 6.07) is 4.60. The number of hydrogen-bond donors (Lipinski definition) is 1. The molecule has 0 spiro atoms. The van der Waals surface area contributed by atoms with Crippen LogP contribution in [0, 0.1) is 5.82 Å². The molecule has 0 aliphatic rings. The highest BCUT2D eigenvalue weighted by atomic mass is 79.9. The molecule has 0 aliphatic heterocycles. The minimum atomic E-state index is -0.375. The Bertz CT molecular complexity index is 561. The number of aromatic nitrogens is 3. The second kappa shape index (κ2) is 7.35. The van der Waals surface area contributed by atoms with E-state index in [1.807, 2.05) is 13.1 Å². The first-order valence-corrected chi connectivity index (χ1v) is 7.16. The maximum atomic E-state index is 13.5. The van der Waals surface area contributed by atoms with Gasteiger partial charge in [0.25, 0.3) is 0 Å². The summed E-state index contributed by atoms with van der Waals surface area (Å²) in [7, 11) is 0. The number of nitrogens with zero attached hydrogens (tertiary/aromatic N) is 3. The van der Waals surface area contributed by atoms with Gasteiger partial charge in [-0.05, 0) is 24.7 Å². The Morgan fingerprint density at radius 3 is 3.10 bits per heavy atom. The predicted octanol–water partition coefficient (Wildman–Crippen LogP) is 2.37. The first-order valence-electron chi connectivity index (χ1n) is 6.36. The van der Waals surface area contributed by atoms with Gasteiger partial charge in [-0.3, -0.25) is 0 Å². The second-order valence-electron chi connectivity index (χ2n) is 4.18. The molecule has 5 nitrogen and oxygen atoms in total. The zero-order chi connectivity index (χ0) is 14.4. The first kappa shape index (κ1) is 14.9. The minimum absolute atomic E-state index is 0.229. The molecule has 1 heterocycles. The van der Waals surface area contributed by atoms with Crippen LogP contribution in [0.3, 0.4) is 0 Å². The van der Waals surface area contributed by atoms with E-state index in [0.717, 1.165) is 16.7 Å². The van der Waals surface area contributed by atoms with E-state index in [2.05, 4.69) is 31.6 Å². The second-order valence-corrected chi connectivity index (χ2v) is 5.09. The molecule has 1 aromatic heterocycles. The number of halogens is 2. The van der Waals surface area contributed by atoms with Crippen LogP contribution in [0.1, 0.15) is 12.6 Å². The molecule has 1 aromatic carbocycles. The monoisotopic (exact) mass is 342 g/mol. The molecular formula is C13H16BrFN4O. The lowest BCUT2D eigenvalue weighted by Gasteiger charge is -2.07.